The van der Waals surface area contributed by atoms with Gasteiger partial charge in [0.05, 0.1) is 61.4 Å². The number of hydroxylamine groups is 2. The third-order valence-corrected chi connectivity index (χ3v) is 15.5. The first-order valence-electron chi connectivity index (χ1n) is 25.8. The Balaban J connectivity index is 1.29. The summed E-state index contributed by atoms with van der Waals surface area (Å²) < 4.78 is 12.3. The van der Waals surface area contributed by atoms with Crippen LogP contribution in [0.3, 0.4) is 0 Å². The van der Waals surface area contributed by atoms with Crippen LogP contribution in [0.4, 0.5) is 0 Å². The van der Waals surface area contributed by atoms with E-state index in [1.165, 1.54) is 0 Å². The van der Waals surface area contributed by atoms with Crippen molar-refractivity contribution in [2.45, 2.75) is 173 Å². The molecule has 0 aromatic heterocycles. The second kappa shape index (κ2) is 25.9. The largest absolute Gasteiger partial charge is 0.379 e. The lowest BCUT2D eigenvalue weighted by molar-refractivity contribution is -0.271. The summed E-state index contributed by atoms with van der Waals surface area (Å²) in [5.41, 5.74) is 7.81. The normalized spacial score (nSPS) is 22.9. The van der Waals surface area contributed by atoms with Gasteiger partial charge in [-0.15, -0.1) is 0 Å². The average Bonchev–Trinajstić information content (AvgIpc) is 3.86. The van der Waals surface area contributed by atoms with Crippen molar-refractivity contribution >= 4 is 23.6 Å². The monoisotopic (exact) mass is 962 g/mol. The van der Waals surface area contributed by atoms with E-state index in [0.29, 0.717) is 39.1 Å². The molecule has 1 aliphatic carbocycles. The molecule has 0 spiro atoms. The van der Waals surface area contributed by atoms with Crippen LogP contribution in [0.1, 0.15) is 129 Å². The Morgan fingerprint density at radius 1 is 0.899 bits per heavy atom. The highest BCUT2D eigenvalue weighted by Crippen LogP contribution is 2.55. The van der Waals surface area contributed by atoms with Gasteiger partial charge < -0.3 is 40.7 Å². The van der Waals surface area contributed by atoms with Gasteiger partial charge in [-0.1, -0.05) is 122 Å². The van der Waals surface area contributed by atoms with Crippen molar-refractivity contribution in [3.63, 3.8) is 0 Å². The number of fused-ring (bicyclic) bond motifs is 1. The number of likely N-dealkylation sites (N-methyl/N-ethyl adjacent to an activating group) is 2. The number of carbonyl (C=O) groups is 4. The van der Waals surface area contributed by atoms with Gasteiger partial charge in [0.2, 0.25) is 23.6 Å². The highest BCUT2D eigenvalue weighted by molar-refractivity contribution is 5.90. The summed E-state index contributed by atoms with van der Waals surface area (Å²) in [6.07, 6.45) is 4.25. The van der Waals surface area contributed by atoms with E-state index in [2.05, 4.69) is 29.4 Å². The lowest BCUT2D eigenvalue weighted by atomic mass is 9.89. The fraction of sp³-hybridized carbons (Fsp3) is 0.704. The molecule has 5 rings (SSSR count). The Bertz CT molecular complexity index is 1960. The van der Waals surface area contributed by atoms with Crippen LogP contribution in [-0.4, -0.2) is 145 Å². The third-order valence-electron chi connectivity index (χ3n) is 15.5. The molecule has 1 saturated carbocycles. The summed E-state index contributed by atoms with van der Waals surface area (Å²) in [5, 5.41) is 20.1. The van der Waals surface area contributed by atoms with Gasteiger partial charge >= 0.3 is 0 Å². The van der Waals surface area contributed by atoms with Crippen LogP contribution >= 0.6 is 0 Å². The molecule has 2 aromatic carbocycles. The summed E-state index contributed by atoms with van der Waals surface area (Å²) in [7, 11) is 6.89. The van der Waals surface area contributed by atoms with Gasteiger partial charge in [-0.3, -0.25) is 28.9 Å². The van der Waals surface area contributed by atoms with E-state index >= 15 is 0 Å². The summed E-state index contributed by atoms with van der Waals surface area (Å²) >= 11 is 0. The van der Waals surface area contributed by atoms with Crippen LogP contribution in [-0.2, 0) is 46.6 Å². The van der Waals surface area contributed by atoms with Gasteiger partial charge in [-0.2, -0.15) is 5.06 Å². The Kier molecular flexibility index (Phi) is 21.0. The fourth-order valence-corrected chi connectivity index (χ4v) is 11.1. The SMILES string of the molecule is CC[C@H](C)[C@@H]([C@@H](CC(=O)N1CCC[C@H]1[C@H](OC)[C@@H](C)C(=O)N[C@@]1(C(O)N2Cc3ccccc3CO2)C[C@@H]1c1ccccc1)OC)N(C)C(=O)[C@@H](NC(=O)[C@H](C(C)C)N(C)CCCCCCN)C(C)C. The van der Waals surface area contributed by atoms with E-state index in [0.717, 1.165) is 61.8 Å². The van der Waals surface area contributed by atoms with Crippen molar-refractivity contribution in [3.05, 3.63) is 71.3 Å². The maximum atomic E-state index is 14.6. The number of likely N-dealkylation sites (tertiary alicyclic amines) is 1. The van der Waals surface area contributed by atoms with Crippen molar-refractivity contribution < 1.29 is 38.6 Å². The molecule has 2 fully saturated rings. The minimum absolute atomic E-state index is 0.00780. The lowest BCUT2D eigenvalue weighted by Crippen LogP contribution is -2.60. The second-order valence-corrected chi connectivity index (χ2v) is 20.9. The van der Waals surface area contributed by atoms with Crippen LogP contribution in [0.25, 0.3) is 0 Å². The van der Waals surface area contributed by atoms with E-state index in [9.17, 15) is 24.3 Å². The minimum Gasteiger partial charge on any atom is -0.379 e. The van der Waals surface area contributed by atoms with Gasteiger partial charge in [0.1, 0.15) is 6.04 Å². The van der Waals surface area contributed by atoms with Crippen molar-refractivity contribution in [1.82, 2.24) is 30.4 Å². The van der Waals surface area contributed by atoms with Crippen LogP contribution in [0.15, 0.2) is 54.6 Å². The molecule has 1 saturated heterocycles. The molecule has 5 N–H and O–H groups in total. The fourth-order valence-electron chi connectivity index (χ4n) is 11.1. The molecule has 2 aliphatic heterocycles. The Morgan fingerprint density at radius 2 is 1.57 bits per heavy atom. The van der Waals surface area contributed by atoms with Crippen molar-refractivity contribution in [1.29, 1.82) is 0 Å². The number of rotatable bonds is 27. The molecule has 11 atom stereocenters. The molecular formula is C54H87N7O8. The third kappa shape index (κ3) is 13.5. The van der Waals surface area contributed by atoms with Gasteiger partial charge in [-0.25, -0.2) is 0 Å². The van der Waals surface area contributed by atoms with E-state index < -0.39 is 54.1 Å². The topological polar surface area (TPSA) is 179 Å². The lowest BCUT2D eigenvalue weighted by Gasteiger charge is -2.41. The number of benzene rings is 2. The number of amides is 4. The number of ether oxygens (including phenoxy) is 2. The predicted octanol–water partition coefficient (Wildman–Crippen LogP) is 5.83. The second-order valence-electron chi connectivity index (χ2n) is 20.9. The molecule has 2 aromatic rings. The molecule has 0 bridgehead atoms. The van der Waals surface area contributed by atoms with Crippen molar-refractivity contribution in [3.8, 4) is 0 Å². The molecule has 15 nitrogen and oxygen atoms in total. The number of hydrogen-bond acceptors (Lipinski definition) is 11. The number of hydrogen-bond donors (Lipinski definition) is 4. The van der Waals surface area contributed by atoms with Crippen molar-refractivity contribution in [2.24, 2.45) is 29.4 Å². The van der Waals surface area contributed by atoms with E-state index in [1.807, 2.05) is 101 Å². The molecule has 386 valence electrons. The van der Waals surface area contributed by atoms with Gasteiger partial charge in [0, 0.05) is 33.7 Å². The smallest absolute Gasteiger partial charge is 0.245 e. The molecule has 4 amide bonds. The highest BCUT2D eigenvalue weighted by atomic mass is 16.7. The minimum atomic E-state index is -1.13. The number of nitrogens with zero attached hydrogens (tertiary/aromatic N) is 4. The van der Waals surface area contributed by atoms with Crippen molar-refractivity contribution in [2.75, 3.05) is 47.9 Å². The molecule has 1 unspecified atom stereocenters. The first-order chi connectivity index (χ1) is 33.0. The zero-order valence-corrected chi connectivity index (χ0v) is 43.7. The summed E-state index contributed by atoms with van der Waals surface area (Å²) in [4.78, 5) is 69.6. The zero-order chi connectivity index (χ0) is 50.6. The number of aliphatic hydroxyl groups excluding tert-OH is 1. The molecule has 0 radical (unpaired) electrons. The Labute approximate surface area is 413 Å². The van der Waals surface area contributed by atoms with E-state index in [4.69, 9.17) is 20.0 Å². The van der Waals surface area contributed by atoms with E-state index in [-0.39, 0.29) is 53.7 Å². The quantitative estimate of drug-likeness (QED) is 0.0793. The zero-order valence-electron chi connectivity index (χ0n) is 43.7. The standard InChI is InChI=1S/C54H87N7O8/c1-12-37(6)48(59(9)52(65)46(35(2)3)56-51(64)47(36(4)5)58(8)29-21-14-13-20-28-55)44(67-10)31-45(62)60-30-22-27-43(60)49(68-11)38(7)50(63)57-54(32-42(54)39-23-16-15-17-24-39)53(66)61-33-40-25-18-19-26-41(40)34-69-61/h15-19,23-26,35-38,42-44,46-49,53,66H,12-14,20-22,27-34,55H2,1-11H3,(H,56,64)(H,57,63)/t37-,38+,42+,43-,44+,46-,47-,48-,49+,53?,54-/m0/s1. The molecule has 2 heterocycles. The average molecular weight is 962 g/mol. The van der Waals surface area contributed by atoms with Gasteiger partial charge in [0.15, 0.2) is 6.23 Å². The molecule has 3 aliphatic rings. The molecule has 69 heavy (non-hydrogen) atoms. The van der Waals surface area contributed by atoms with Crippen LogP contribution in [0.5, 0.6) is 0 Å². The van der Waals surface area contributed by atoms with Gasteiger partial charge in [0.25, 0.3) is 0 Å². The number of nitrogens with one attached hydrogen (secondary N) is 2. The predicted molar refractivity (Wildman–Crippen MR) is 269 cm³/mol. The summed E-state index contributed by atoms with van der Waals surface area (Å²) in [6, 6.07) is 15.8. The maximum absolute atomic E-state index is 14.6. The first-order valence-corrected chi connectivity index (χ1v) is 25.8. The number of nitrogens with two attached hydrogens (primary N) is 1. The summed E-state index contributed by atoms with van der Waals surface area (Å²) in [6.45, 7) is 16.5. The number of methoxy groups -OCH3 is 2. The van der Waals surface area contributed by atoms with Crippen LogP contribution < -0.4 is 16.4 Å². The number of aliphatic hydroxyl groups is 1. The maximum Gasteiger partial charge on any atom is 0.245 e. The van der Waals surface area contributed by atoms with E-state index in [1.54, 1.807) is 31.2 Å². The van der Waals surface area contributed by atoms with Crippen LogP contribution in [0.2, 0.25) is 0 Å². The molecular weight excluding hydrogens is 875 g/mol. The first kappa shape index (κ1) is 56.0. The molecule has 15 heteroatoms. The van der Waals surface area contributed by atoms with Crippen LogP contribution in [0, 0.1) is 23.7 Å². The highest BCUT2D eigenvalue weighted by Gasteiger charge is 2.63. The number of unbranched alkanes of at least 4 members (excludes halogenated alkanes) is 3. The summed E-state index contributed by atoms with van der Waals surface area (Å²) in [5.74, 6) is -1.89. The van der Waals surface area contributed by atoms with Gasteiger partial charge in [-0.05, 0) is 86.7 Å². The Hall–Kier alpha value is -3.96. The Morgan fingerprint density at radius 3 is 2.19 bits per heavy atom. The number of carbonyl (C=O) groups excluding carboxylic acids is 4.